The zero-order valence-corrected chi connectivity index (χ0v) is 13.0. The molecule has 1 heterocycles. The first-order valence-corrected chi connectivity index (χ1v) is 7.97. The summed E-state index contributed by atoms with van der Waals surface area (Å²) in [6.45, 7) is 3.13. The average molecular weight is 307 g/mol. The molecule has 0 saturated heterocycles. The van der Waals surface area contributed by atoms with E-state index < -0.39 is 0 Å². The number of nitrogens with one attached hydrogen (secondary N) is 2. The Morgan fingerprint density at radius 2 is 2.14 bits per heavy atom. The number of carbonyl (C=O) groups is 1. The third-order valence-electron chi connectivity index (χ3n) is 3.74. The van der Waals surface area contributed by atoms with Crippen LogP contribution >= 0.6 is 0 Å². The first-order chi connectivity index (χ1) is 10.7. The van der Waals surface area contributed by atoms with Gasteiger partial charge in [-0.1, -0.05) is 13.0 Å². The van der Waals surface area contributed by atoms with Crippen LogP contribution in [0, 0.1) is 0 Å². The molecule has 0 spiro atoms. The lowest BCUT2D eigenvalue weighted by molar-refractivity contribution is 0.117. The van der Waals surface area contributed by atoms with Crippen LogP contribution in [0.4, 0.5) is 4.79 Å². The van der Waals surface area contributed by atoms with Crippen molar-refractivity contribution in [3.05, 3.63) is 23.9 Å². The van der Waals surface area contributed by atoms with E-state index in [-0.39, 0.29) is 18.2 Å². The van der Waals surface area contributed by atoms with Gasteiger partial charge in [-0.25, -0.2) is 9.78 Å². The third-order valence-corrected chi connectivity index (χ3v) is 3.74. The molecule has 2 rings (SSSR count). The third kappa shape index (κ3) is 5.52. The van der Waals surface area contributed by atoms with Crippen LogP contribution in [0.25, 0.3) is 0 Å². The highest BCUT2D eigenvalue weighted by molar-refractivity contribution is 5.74. The lowest BCUT2D eigenvalue weighted by atomic mass is 9.93. The normalized spacial score (nSPS) is 21.2. The fraction of sp³-hybridized carbons (Fsp3) is 0.625. The van der Waals surface area contributed by atoms with Crippen molar-refractivity contribution in [2.45, 2.75) is 57.7 Å². The number of rotatable bonds is 6. The van der Waals surface area contributed by atoms with Crippen LogP contribution in [0.3, 0.4) is 0 Å². The van der Waals surface area contributed by atoms with Crippen LogP contribution < -0.4 is 15.4 Å². The van der Waals surface area contributed by atoms with E-state index in [0.29, 0.717) is 19.0 Å². The molecule has 1 fully saturated rings. The lowest BCUT2D eigenvalue weighted by Crippen LogP contribution is -2.43. The summed E-state index contributed by atoms with van der Waals surface area (Å²) >= 11 is 0. The number of carbonyl (C=O) groups excluding carboxylic acids is 1. The average Bonchev–Trinajstić information content (AvgIpc) is 2.54. The Morgan fingerprint density at radius 1 is 1.36 bits per heavy atom. The van der Waals surface area contributed by atoms with Crippen molar-refractivity contribution in [3.8, 4) is 5.88 Å². The summed E-state index contributed by atoms with van der Waals surface area (Å²) in [6.07, 6.45) is 5.63. The minimum Gasteiger partial charge on any atom is -0.478 e. The van der Waals surface area contributed by atoms with E-state index >= 15 is 0 Å². The number of aromatic nitrogens is 1. The molecule has 2 amide bonds. The maximum absolute atomic E-state index is 11.8. The van der Waals surface area contributed by atoms with Gasteiger partial charge in [0.2, 0.25) is 5.88 Å². The van der Waals surface area contributed by atoms with Crippen LogP contribution in [0.15, 0.2) is 18.3 Å². The second-order valence-electron chi connectivity index (χ2n) is 5.69. The molecular formula is C16H25N3O3. The van der Waals surface area contributed by atoms with Crippen molar-refractivity contribution in [2.75, 3.05) is 6.61 Å². The molecule has 1 aliphatic rings. The van der Waals surface area contributed by atoms with Crippen molar-refractivity contribution in [3.63, 3.8) is 0 Å². The Labute approximate surface area is 131 Å². The van der Waals surface area contributed by atoms with E-state index in [4.69, 9.17) is 4.74 Å². The zero-order valence-electron chi connectivity index (χ0n) is 13.0. The van der Waals surface area contributed by atoms with E-state index in [1.54, 1.807) is 6.20 Å². The summed E-state index contributed by atoms with van der Waals surface area (Å²) in [7, 11) is 0. The van der Waals surface area contributed by atoms with E-state index in [1.165, 1.54) is 0 Å². The van der Waals surface area contributed by atoms with Crippen molar-refractivity contribution >= 4 is 6.03 Å². The molecule has 0 atom stereocenters. The lowest BCUT2D eigenvalue weighted by Gasteiger charge is -2.26. The molecule has 122 valence electrons. The van der Waals surface area contributed by atoms with Gasteiger partial charge in [-0.2, -0.15) is 0 Å². The van der Waals surface area contributed by atoms with Gasteiger partial charge in [0.1, 0.15) is 0 Å². The van der Waals surface area contributed by atoms with Crippen molar-refractivity contribution in [2.24, 2.45) is 0 Å². The topological polar surface area (TPSA) is 83.5 Å². The molecule has 0 aromatic carbocycles. The fourth-order valence-corrected chi connectivity index (χ4v) is 2.45. The summed E-state index contributed by atoms with van der Waals surface area (Å²) in [5.41, 5.74) is 0.929. The van der Waals surface area contributed by atoms with Crippen LogP contribution in [0.5, 0.6) is 5.88 Å². The highest BCUT2D eigenvalue weighted by Crippen LogP contribution is 2.18. The molecule has 0 unspecified atom stereocenters. The Hall–Kier alpha value is -1.82. The number of urea groups is 1. The quantitative estimate of drug-likeness (QED) is 0.750. The van der Waals surface area contributed by atoms with Gasteiger partial charge in [0.15, 0.2) is 0 Å². The molecule has 1 aromatic heterocycles. The Kier molecular flexibility index (Phi) is 6.45. The molecule has 1 aliphatic carbocycles. The first-order valence-electron chi connectivity index (χ1n) is 7.97. The van der Waals surface area contributed by atoms with E-state index in [1.807, 2.05) is 19.1 Å². The number of aliphatic hydroxyl groups excluding tert-OH is 1. The highest BCUT2D eigenvalue weighted by Gasteiger charge is 2.20. The number of hydrogen-bond acceptors (Lipinski definition) is 4. The van der Waals surface area contributed by atoms with Gasteiger partial charge in [0.05, 0.1) is 12.7 Å². The van der Waals surface area contributed by atoms with Gasteiger partial charge >= 0.3 is 6.03 Å². The molecular weight excluding hydrogens is 282 g/mol. The summed E-state index contributed by atoms with van der Waals surface area (Å²) in [4.78, 5) is 16.0. The smallest absolute Gasteiger partial charge is 0.315 e. The van der Waals surface area contributed by atoms with E-state index in [2.05, 4.69) is 15.6 Å². The number of pyridine rings is 1. The molecule has 0 aliphatic heterocycles. The van der Waals surface area contributed by atoms with Crippen LogP contribution in [-0.4, -0.2) is 34.9 Å². The van der Waals surface area contributed by atoms with E-state index in [0.717, 1.165) is 37.7 Å². The minimum atomic E-state index is -0.208. The largest absolute Gasteiger partial charge is 0.478 e. The van der Waals surface area contributed by atoms with Gasteiger partial charge in [0.25, 0.3) is 0 Å². The first kappa shape index (κ1) is 16.5. The van der Waals surface area contributed by atoms with Crippen LogP contribution in [0.2, 0.25) is 0 Å². The van der Waals surface area contributed by atoms with E-state index in [9.17, 15) is 9.90 Å². The predicted octanol–water partition coefficient (Wildman–Crippen LogP) is 1.97. The number of ether oxygens (including phenoxy) is 1. The SMILES string of the molecule is CCCOc1ccc(CNC(=O)NC2CCC(O)CC2)cn1. The summed E-state index contributed by atoms with van der Waals surface area (Å²) in [5, 5.41) is 15.2. The molecule has 6 nitrogen and oxygen atoms in total. The monoisotopic (exact) mass is 307 g/mol. The molecule has 1 aromatic rings. The van der Waals surface area contributed by atoms with Crippen molar-refractivity contribution in [1.82, 2.24) is 15.6 Å². The molecule has 22 heavy (non-hydrogen) atoms. The van der Waals surface area contributed by atoms with Gasteiger partial charge < -0.3 is 20.5 Å². The minimum absolute atomic E-state index is 0.159. The summed E-state index contributed by atoms with van der Waals surface area (Å²) in [6, 6.07) is 3.70. The molecule has 0 radical (unpaired) electrons. The second kappa shape index (κ2) is 8.58. The molecule has 3 N–H and O–H groups in total. The number of hydrogen-bond donors (Lipinski definition) is 3. The Balaban J connectivity index is 1.69. The van der Waals surface area contributed by atoms with Gasteiger partial charge in [-0.05, 0) is 37.7 Å². The van der Waals surface area contributed by atoms with Crippen molar-refractivity contribution < 1.29 is 14.6 Å². The number of amides is 2. The molecule has 6 heteroatoms. The number of aliphatic hydroxyl groups is 1. The fourth-order valence-electron chi connectivity index (χ4n) is 2.45. The Morgan fingerprint density at radius 3 is 2.77 bits per heavy atom. The standard InChI is InChI=1S/C16H25N3O3/c1-2-9-22-15-8-3-12(10-17-15)11-18-16(21)19-13-4-6-14(20)7-5-13/h3,8,10,13-14,20H,2,4-7,9,11H2,1H3,(H2,18,19,21). The maximum atomic E-state index is 11.8. The summed E-state index contributed by atoms with van der Waals surface area (Å²) in [5.74, 6) is 0.607. The number of nitrogens with zero attached hydrogens (tertiary/aromatic N) is 1. The van der Waals surface area contributed by atoms with Crippen LogP contribution in [0.1, 0.15) is 44.6 Å². The molecule has 0 bridgehead atoms. The highest BCUT2D eigenvalue weighted by atomic mass is 16.5. The van der Waals surface area contributed by atoms with Gasteiger partial charge in [0, 0.05) is 24.8 Å². The summed E-state index contributed by atoms with van der Waals surface area (Å²) < 4.78 is 5.41. The van der Waals surface area contributed by atoms with Crippen molar-refractivity contribution in [1.29, 1.82) is 0 Å². The van der Waals surface area contributed by atoms with Crippen LogP contribution in [-0.2, 0) is 6.54 Å². The maximum Gasteiger partial charge on any atom is 0.315 e. The second-order valence-corrected chi connectivity index (χ2v) is 5.69. The predicted molar refractivity (Wildman–Crippen MR) is 83.7 cm³/mol. The van der Waals surface area contributed by atoms with Gasteiger partial charge in [-0.3, -0.25) is 0 Å². The van der Waals surface area contributed by atoms with Gasteiger partial charge in [-0.15, -0.1) is 0 Å². The molecule has 1 saturated carbocycles. The zero-order chi connectivity index (χ0) is 15.8. The Bertz CT molecular complexity index is 456.